The molecule has 0 atom stereocenters. The Kier molecular flexibility index (Phi) is 3.78. The summed E-state index contributed by atoms with van der Waals surface area (Å²) < 4.78 is 5.76. The molecule has 0 unspecified atom stereocenters. The van der Waals surface area contributed by atoms with E-state index in [1.54, 1.807) is 0 Å². The highest BCUT2D eigenvalue weighted by atomic mass is 16.5. The van der Waals surface area contributed by atoms with Crippen LogP contribution in [-0.4, -0.2) is 6.61 Å². The Bertz CT molecular complexity index is 307. The Morgan fingerprint density at radius 3 is 2.40 bits per heavy atom. The van der Waals surface area contributed by atoms with Crippen molar-refractivity contribution >= 4 is 0 Å². The molecule has 1 heteroatoms. The van der Waals surface area contributed by atoms with Crippen molar-refractivity contribution in [3.05, 3.63) is 29.8 Å². The van der Waals surface area contributed by atoms with Crippen LogP contribution in [0.25, 0.3) is 0 Å². The Morgan fingerprint density at radius 1 is 1.20 bits per heavy atom. The fourth-order valence-electron chi connectivity index (χ4n) is 1.26. The molecular weight excluding hydrogens is 184 g/mol. The maximum Gasteiger partial charge on any atom is 0.119 e. The monoisotopic (exact) mass is 206 g/mol. The first-order valence-corrected chi connectivity index (χ1v) is 5.61. The van der Waals surface area contributed by atoms with Crippen LogP contribution in [0.15, 0.2) is 24.3 Å². The maximum absolute atomic E-state index is 5.76. The van der Waals surface area contributed by atoms with Crippen LogP contribution in [0.3, 0.4) is 0 Å². The van der Waals surface area contributed by atoms with E-state index < -0.39 is 0 Å². The molecule has 0 amide bonds. The van der Waals surface area contributed by atoms with E-state index in [-0.39, 0.29) is 5.41 Å². The van der Waals surface area contributed by atoms with Crippen molar-refractivity contribution in [2.75, 3.05) is 6.61 Å². The summed E-state index contributed by atoms with van der Waals surface area (Å²) in [5.41, 5.74) is 1.55. The molecule has 0 aliphatic heterocycles. The van der Waals surface area contributed by atoms with Crippen molar-refractivity contribution in [1.82, 2.24) is 0 Å². The SMILES string of the molecule is CC(C)c1cccc(OCC(C)(C)C)c1. The van der Waals surface area contributed by atoms with Gasteiger partial charge >= 0.3 is 0 Å². The van der Waals surface area contributed by atoms with Gasteiger partial charge in [0.15, 0.2) is 0 Å². The second kappa shape index (κ2) is 4.69. The number of hydrogen-bond acceptors (Lipinski definition) is 1. The fraction of sp³-hybridized carbons (Fsp3) is 0.571. The van der Waals surface area contributed by atoms with Crippen molar-refractivity contribution in [2.45, 2.75) is 40.5 Å². The van der Waals surface area contributed by atoms with Gasteiger partial charge < -0.3 is 4.74 Å². The Labute approximate surface area is 93.5 Å². The van der Waals surface area contributed by atoms with Crippen LogP contribution in [0.1, 0.15) is 46.1 Å². The fourth-order valence-corrected chi connectivity index (χ4v) is 1.26. The molecule has 0 heterocycles. The second-order valence-electron chi connectivity index (χ2n) is 5.58. The van der Waals surface area contributed by atoms with Gasteiger partial charge in [-0.3, -0.25) is 0 Å². The third-order valence-electron chi connectivity index (χ3n) is 2.20. The van der Waals surface area contributed by atoms with Gasteiger partial charge in [-0.2, -0.15) is 0 Å². The van der Waals surface area contributed by atoms with E-state index in [1.165, 1.54) is 5.56 Å². The lowest BCUT2D eigenvalue weighted by molar-refractivity contribution is 0.197. The molecule has 0 fully saturated rings. The van der Waals surface area contributed by atoms with Crippen LogP contribution in [0, 0.1) is 5.41 Å². The van der Waals surface area contributed by atoms with Crippen LogP contribution in [0.4, 0.5) is 0 Å². The second-order valence-corrected chi connectivity index (χ2v) is 5.58. The van der Waals surface area contributed by atoms with Gasteiger partial charge in [-0.25, -0.2) is 0 Å². The van der Waals surface area contributed by atoms with Crippen molar-refractivity contribution < 1.29 is 4.74 Å². The molecule has 0 radical (unpaired) electrons. The smallest absolute Gasteiger partial charge is 0.119 e. The highest BCUT2D eigenvalue weighted by molar-refractivity contribution is 5.30. The van der Waals surface area contributed by atoms with Crippen molar-refractivity contribution in [3.63, 3.8) is 0 Å². The first-order valence-electron chi connectivity index (χ1n) is 5.61. The summed E-state index contributed by atoms with van der Waals surface area (Å²) in [6, 6.07) is 8.37. The summed E-state index contributed by atoms with van der Waals surface area (Å²) >= 11 is 0. The molecule has 1 rings (SSSR count). The average molecular weight is 206 g/mol. The zero-order valence-corrected chi connectivity index (χ0v) is 10.5. The lowest BCUT2D eigenvalue weighted by Crippen LogP contribution is -2.16. The molecule has 0 saturated carbocycles. The quantitative estimate of drug-likeness (QED) is 0.719. The van der Waals surface area contributed by atoms with Gasteiger partial charge in [-0.05, 0) is 29.0 Å². The Hall–Kier alpha value is -0.980. The van der Waals surface area contributed by atoms with E-state index in [0.29, 0.717) is 5.92 Å². The molecule has 0 spiro atoms. The van der Waals surface area contributed by atoms with E-state index in [1.807, 2.05) is 6.07 Å². The highest BCUT2D eigenvalue weighted by Gasteiger charge is 2.11. The van der Waals surface area contributed by atoms with Crippen molar-refractivity contribution in [3.8, 4) is 5.75 Å². The van der Waals surface area contributed by atoms with Gasteiger partial charge in [-0.1, -0.05) is 46.8 Å². The Balaban J connectivity index is 2.66. The van der Waals surface area contributed by atoms with Crippen LogP contribution in [0.5, 0.6) is 5.75 Å². The van der Waals surface area contributed by atoms with E-state index >= 15 is 0 Å². The van der Waals surface area contributed by atoms with Crippen LogP contribution in [-0.2, 0) is 0 Å². The number of benzene rings is 1. The zero-order valence-electron chi connectivity index (χ0n) is 10.5. The molecule has 0 N–H and O–H groups in total. The number of hydrogen-bond donors (Lipinski definition) is 0. The summed E-state index contributed by atoms with van der Waals surface area (Å²) in [6.45, 7) is 11.7. The molecule has 0 aliphatic carbocycles. The van der Waals surface area contributed by atoms with Crippen molar-refractivity contribution in [1.29, 1.82) is 0 Å². The summed E-state index contributed by atoms with van der Waals surface area (Å²) in [7, 11) is 0. The molecule has 0 aromatic heterocycles. The van der Waals surface area contributed by atoms with Gasteiger partial charge in [-0.15, -0.1) is 0 Å². The zero-order chi connectivity index (χ0) is 11.5. The van der Waals surface area contributed by atoms with E-state index in [0.717, 1.165) is 12.4 Å². The van der Waals surface area contributed by atoms with E-state index in [2.05, 4.69) is 52.8 Å². The van der Waals surface area contributed by atoms with Gasteiger partial charge in [0.05, 0.1) is 6.61 Å². The third kappa shape index (κ3) is 4.37. The lowest BCUT2D eigenvalue weighted by atomic mass is 9.98. The first-order chi connectivity index (χ1) is 6.88. The first kappa shape index (κ1) is 12.1. The van der Waals surface area contributed by atoms with Crippen molar-refractivity contribution in [2.24, 2.45) is 5.41 Å². The largest absolute Gasteiger partial charge is 0.493 e. The molecule has 1 aromatic rings. The number of ether oxygens (including phenoxy) is 1. The minimum Gasteiger partial charge on any atom is -0.493 e. The summed E-state index contributed by atoms with van der Waals surface area (Å²) in [5, 5.41) is 0. The van der Waals surface area contributed by atoms with Gasteiger partial charge in [0.1, 0.15) is 5.75 Å². The molecule has 15 heavy (non-hydrogen) atoms. The molecule has 1 nitrogen and oxygen atoms in total. The van der Waals surface area contributed by atoms with Crippen LogP contribution >= 0.6 is 0 Å². The van der Waals surface area contributed by atoms with E-state index in [4.69, 9.17) is 4.74 Å². The lowest BCUT2D eigenvalue weighted by Gasteiger charge is -2.19. The van der Waals surface area contributed by atoms with Crippen LogP contribution < -0.4 is 4.74 Å². The minimum absolute atomic E-state index is 0.216. The highest BCUT2D eigenvalue weighted by Crippen LogP contribution is 2.22. The topological polar surface area (TPSA) is 9.23 Å². The molecular formula is C14H22O. The van der Waals surface area contributed by atoms with Gasteiger partial charge in [0.25, 0.3) is 0 Å². The van der Waals surface area contributed by atoms with Gasteiger partial charge in [0, 0.05) is 0 Å². The molecule has 0 aliphatic rings. The maximum atomic E-state index is 5.76. The molecule has 0 saturated heterocycles. The predicted octanol–water partition coefficient (Wildman–Crippen LogP) is 4.23. The van der Waals surface area contributed by atoms with E-state index in [9.17, 15) is 0 Å². The van der Waals surface area contributed by atoms with Crippen LogP contribution in [0.2, 0.25) is 0 Å². The molecule has 84 valence electrons. The average Bonchev–Trinajstić information content (AvgIpc) is 2.14. The predicted molar refractivity (Wildman–Crippen MR) is 65.5 cm³/mol. The normalized spacial score (nSPS) is 11.9. The number of rotatable bonds is 3. The Morgan fingerprint density at radius 2 is 1.87 bits per heavy atom. The summed E-state index contributed by atoms with van der Waals surface area (Å²) in [6.07, 6.45) is 0. The third-order valence-corrected chi connectivity index (χ3v) is 2.20. The molecule has 1 aromatic carbocycles. The molecule has 0 bridgehead atoms. The van der Waals surface area contributed by atoms with Gasteiger partial charge in [0.2, 0.25) is 0 Å². The standard InChI is InChI=1S/C14H22O/c1-11(2)12-7-6-8-13(9-12)15-10-14(3,4)5/h6-9,11H,10H2,1-5H3. The summed E-state index contributed by atoms with van der Waals surface area (Å²) in [5.74, 6) is 1.54. The summed E-state index contributed by atoms with van der Waals surface area (Å²) in [4.78, 5) is 0. The minimum atomic E-state index is 0.216.